The largest absolute Gasteiger partial charge is 0.349 e. The van der Waals surface area contributed by atoms with Crippen LogP contribution in [-0.2, 0) is 5.41 Å². The summed E-state index contributed by atoms with van der Waals surface area (Å²) in [6.07, 6.45) is 0.924. The highest BCUT2D eigenvalue weighted by atomic mass is 79.9. The lowest BCUT2D eigenvalue weighted by molar-refractivity contribution is 0.0898. The molecule has 0 saturated heterocycles. The van der Waals surface area contributed by atoms with Gasteiger partial charge in [0.15, 0.2) is 0 Å². The summed E-state index contributed by atoms with van der Waals surface area (Å²) in [7, 11) is 0. The van der Waals surface area contributed by atoms with Gasteiger partial charge < -0.3 is 5.32 Å². The molecule has 0 aromatic heterocycles. The Balaban J connectivity index is 3.04. The van der Waals surface area contributed by atoms with E-state index in [2.05, 4.69) is 62.8 Å². The van der Waals surface area contributed by atoms with Crippen LogP contribution in [0.2, 0.25) is 0 Å². The van der Waals surface area contributed by atoms with E-state index in [0.29, 0.717) is 0 Å². The first-order valence-electron chi connectivity index (χ1n) is 7.53. The molecule has 2 nitrogen and oxygen atoms in total. The van der Waals surface area contributed by atoms with Gasteiger partial charge in [-0.1, -0.05) is 75.7 Å². The van der Waals surface area contributed by atoms with E-state index in [4.69, 9.17) is 0 Å². The third-order valence-electron chi connectivity index (χ3n) is 3.73. The number of hydrogen-bond acceptors (Lipinski definition) is 1. The molecule has 0 aliphatic carbocycles. The predicted octanol–water partition coefficient (Wildman–Crippen LogP) is 4.91. The van der Waals surface area contributed by atoms with Crippen LogP contribution in [0.15, 0.2) is 24.3 Å². The number of rotatable bonds is 4. The Kier molecular flexibility index (Phi) is 6.03. The van der Waals surface area contributed by atoms with Gasteiger partial charge in [0.05, 0.1) is 0 Å². The van der Waals surface area contributed by atoms with Crippen LogP contribution in [0.3, 0.4) is 0 Å². The second-order valence-electron chi connectivity index (χ2n) is 7.67. The maximum absolute atomic E-state index is 12.7. The summed E-state index contributed by atoms with van der Waals surface area (Å²) in [5.74, 6) is 0.0291. The topological polar surface area (TPSA) is 29.1 Å². The van der Waals surface area contributed by atoms with Crippen LogP contribution in [0.25, 0.3) is 0 Å². The first kappa shape index (κ1) is 18.2. The summed E-state index contributed by atoms with van der Waals surface area (Å²) >= 11 is 3.48. The van der Waals surface area contributed by atoms with Crippen LogP contribution in [-0.4, -0.2) is 17.3 Å². The molecule has 3 heteroatoms. The predicted molar refractivity (Wildman–Crippen MR) is 94.3 cm³/mol. The van der Waals surface area contributed by atoms with Crippen molar-refractivity contribution in [1.29, 1.82) is 0 Å². The highest BCUT2D eigenvalue weighted by Gasteiger charge is 2.28. The summed E-state index contributed by atoms with van der Waals surface area (Å²) in [5, 5.41) is 4.10. The molecule has 0 aliphatic rings. The van der Waals surface area contributed by atoms with Crippen molar-refractivity contribution in [2.24, 2.45) is 5.41 Å². The summed E-state index contributed by atoms with van der Waals surface area (Å²) in [6.45, 7) is 12.9. The van der Waals surface area contributed by atoms with Crippen molar-refractivity contribution in [3.05, 3.63) is 35.4 Å². The van der Waals surface area contributed by atoms with E-state index in [-0.39, 0.29) is 22.8 Å². The lowest BCUT2D eigenvalue weighted by atomic mass is 9.82. The quantitative estimate of drug-likeness (QED) is 0.765. The average molecular weight is 354 g/mol. The molecule has 1 unspecified atom stereocenters. The third-order valence-corrected chi connectivity index (χ3v) is 4.19. The molecule has 1 aromatic carbocycles. The summed E-state index contributed by atoms with van der Waals surface area (Å²) in [5.41, 5.74) is 1.88. The molecule has 1 aromatic rings. The zero-order chi connectivity index (χ0) is 16.3. The van der Waals surface area contributed by atoms with Gasteiger partial charge in [-0.3, -0.25) is 4.79 Å². The van der Waals surface area contributed by atoms with Gasteiger partial charge in [0, 0.05) is 16.9 Å². The first-order chi connectivity index (χ1) is 9.57. The SMILES string of the molecule is CC(C)(C)c1ccccc1C(=O)NC(CCBr)C(C)(C)C. The van der Waals surface area contributed by atoms with Crippen LogP contribution in [0.4, 0.5) is 0 Å². The number of carbonyl (C=O) groups is 1. The summed E-state index contributed by atoms with van der Waals surface area (Å²) < 4.78 is 0. The van der Waals surface area contributed by atoms with Gasteiger partial charge in [-0.25, -0.2) is 0 Å². The van der Waals surface area contributed by atoms with E-state index in [9.17, 15) is 4.79 Å². The maximum atomic E-state index is 12.7. The fourth-order valence-corrected chi connectivity index (χ4v) is 2.86. The van der Waals surface area contributed by atoms with Crippen molar-refractivity contribution in [1.82, 2.24) is 5.32 Å². The van der Waals surface area contributed by atoms with Crippen LogP contribution in [0.1, 0.15) is 63.9 Å². The molecule has 0 fully saturated rings. The van der Waals surface area contributed by atoms with Crippen molar-refractivity contribution in [2.45, 2.75) is 59.4 Å². The second kappa shape index (κ2) is 6.95. The molecule has 1 N–H and O–H groups in total. The lowest BCUT2D eigenvalue weighted by Crippen LogP contribution is -2.44. The summed E-state index contributed by atoms with van der Waals surface area (Å²) in [6, 6.07) is 8.05. The molecule has 0 aliphatic heterocycles. The zero-order valence-electron chi connectivity index (χ0n) is 14.1. The van der Waals surface area contributed by atoms with Crippen molar-refractivity contribution < 1.29 is 4.79 Å². The number of amides is 1. The Labute approximate surface area is 137 Å². The molecule has 0 saturated carbocycles. The number of alkyl halides is 1. The molecule has 1 atom stereocenters. The number of carbonyl (C=O) groups excluding carboxylic acids is 1. The van der Waals surface area contributed by atoms with E-state index in [0.717, 1.165) is 22.9 Å². The molecule has 1 amide bonds. The monoisotopic (exact) mass is 353 g/mol. The van der Waals surface area contributed by atoms with E-state index < -0.39 is 0 Å². The minimum absolute atomic E-state index is 0.0291. The van der Waals surface area contributed by atoms with Crippen LogP contribution >= 0.6 is 15.9 Å². The van der Waals surface area contributed by atoms with Gasteiger partial charge in [-0.05, 0) is 28.9 Å². The number of benzene rings is 1. The van der Waals surface area contributed by atoms with Gasteiger partial charge in [0.2, 0.25) is 0 Å². The highest BCUT2D eigenvalue weighted by molar-refractivity contribution is 9.09. The van der Waals surface area contributed by atoms with Crippen molar-refractivity contribution in [3.8, 4) is 0 Å². The minimum Gasteiger partial charge on any atom is -0.349 e. The molecule has 0 spiro atoms. The molecule has 1 rings (SSSR count). The zero-order valence-corrected chi connectivity index (χ0v) is 15.7. The summed E-state index contributed by atoms with van der Waals surface area (Å²) in [4.78, 5) is 12.7. The second-order valence-corrected chi connectivity index (χ2v) is 8.46. The van der Waals surface area contributed by atoms with E-state index in [1.807, 2.05) is 24.3 Å². The fourth-order valence-electron chi connectivity index (χ4n) is 2.40. The Hall–Kier alpha value is -0.830. The van der Waals surface area contributed by atoms with Crippen molar-refractivity contribution >= 4 is 21.8 Å². The average Bonchev–Trinajstić information content (AvgIpc) is 2.36. The van der Waals surface area contributed by atoms with Crippen LogP contribution in [0, 0.1) is 5.41 Å². The van der Waals surface area contributed by atoms with E-state index in [1.165, 1.54) is 0 Å². The van der Waals surface area contributed by atoms with E-state index in [1.54, 1.807) is 0 Å². The Bertz CT molecular complexity index is 483. The lowest BCUT2D eigenvalue weighted by Gasteiger charge is -2.32. The van der Waals surface area contributed by atoms with Gasteiger partial charge in [-0.15, -0.1) is 0 Å². The van der Waals surface area contributed by atoms with Gasteiger partial charge in [-0.2, -0.15) is 0 Å². The number of nitrogens with one attached hydrogen (secondary N) is 1. The Morgan fingerprint density at radius 1 is 1.14 bits per heavy atom. The molecular formula is C18H28BrNO. The molecule has 118 valence electrons. The van der Waals surface area contributed by atoms with Gasteiger partial charge in [0.1, 0.15) is 0 Å². The van der Waals surface area contributed by atoms with Crippen LogP contribution < -0.4 is 5.32 Å². The van der Waals surface area contributed by atoms with E-state index >= 15 is 0 Å². The molecule has 0 heterocycles. The molecule has 0 bridgehead atoms. The number of halogens is 1. The molecule has 21 heavy (non-hydrogen) atoms. The maximum Gasteiger partial charge on any atom is 0.251 e. The standard InChI is InChI=1S/C18H28BrNO/c1-17(2,3)14-10-8-7-9-13(14)16(21)20-15(11-12-19)18(4,5)6/h7-10,15H,11-12H2,1-6H3,(H,20,21). The van der Waals surface area contributed by atoms with Crippen LogP contribution in [0.5, 0.6) is 0 Å². The highest BCUT2D eigenvalue weighted by Crippen LogP contribution is 2.27. The van der Waals surface area contributed by atoms with Crippen molar-refractivity contribution in [2.75, 3.05) is 5.33 Å². The van der Waals surface area contributed by atoms with Gasteiger partial charge >= 0.3 is 0 Å². The fraction of sp³-hybridized carbons (Fsp3) is 0.611. The van der Waals surface area contributed by atoms with Crippen molar-refractivity contribution in [3.63, 3.8) is 0 Å². The van der Waals surface area contributed by atoms with Gasteiger partial charge in [0.25, 0.3) is 5.91 Å². The Morgan fingerprint density at radius 3 is 2.19 bits per heavy atom. The molecular weight excluding hydrogens is 326 g/mol. The third kappa shape index (κ3) is 5.14. The molecule has 0 radical (unpaired) electrons. The normalized spacial score (nSPS) is 13.9. The minimum atomic E-state index is -0.0411. The Morgan fingerprint density at radius 2 is 1.71 bits per heavy atom. The number of hydrogen-bond donors (Lipinski definition) is 1. The first-order valence-corrected chi connectivity index (χ1v) is 8.66. The smallest absolute Gasteiger partial charge is 0.251 e.